The van der Waals surface area contributed by atoms with Crippen LogP contribution in [0.4, 0.5) is 5.82 Å². The smallest absolute Gasteiger partial charge is 0.226 e. The molecule has 1 saturated heterocycles. The number of rotatable bonds is 2. The Morgan fingerprint density at radius 1 is 1.10 bits per heavy atom. The molecule has 0 aromatic carbocycles. The molecule has 0 radical (unpaired) electrons. The number of fused-ring (bicyclic) bond motifs is 1. The fraction of sp³-hybridized carbons (Fsp3) is 0.643. The van der Waals surface area contributed by atoms with Crippen molar-refractivity contribution < 1.29 is 0 Å². The van der Waals surface area contributed by atoms with E-state index in [9.17, 15) is 0 Å². The number of nitrogens with zero attached hydrogens (tertiary/aromatic N) is 5. The lowest BCUT2D eigenvalue weighted by molar-refractivity contribution is 0.187. The predicted octanol–water partition coefficient (Wildman–Crippen LogP) is 2.07. The van der Waals surface area contributed by atoms with Crippen molar-refractivity contribution in [1.29, 1.82) is 0 Å². The van der Waals surface area contributed by atoms with Gasteiger partial charge in [0.1, 0.15) is 5.82 Å². The lowest BCUT2D eigenvalue weighted by Gasteiger charge is -2.38. The van der Waals surface area contributed by atoms with Crippen LogP contribution in [0.3, 0.4) is 0 Å². The van der Waals surface area contributed by atoms with Crippen molar-refractivity contribution >= 4 is 28.5 Å². The maximum absolute atomic E-state index is 6.03. The van der Waals surface area contributed by atoms with E-state index in [0.717, 1.165) is 43.4 Å². The highest BCUT2D eigenvalue weighted by Gasteiger charge is 2.27. The summed E-state index contributed by atoms with van der Waals surface area (Å²) in [6, 6.07) is 0.801. The molecule has 2 aromatic rings. The van der Waals surface area contributed by atoms with E-state index in [2.05, 4.69) is 30.0 Å². The molecule has 2 aliphatic rings. The van der Waals surface area contributed by atoms with Crippen molar-refractivity contribution in [2.45, 2.75) is 31.7 Å². The minimum atomic E-state index is 0.278. The fourth-order valence-corrected chi connectivity index (χ4v) is 3.77. The van der Waals surface area contributed by atoms with Crippen molar-refractivity contribution in [2.24, 2.45) is 0 Å². The van der Waals surface area contributed by atoms with E-state index < -0.39 is 0 Å². The van der Waals surface area contributed by atoms with Gasteiger partial charge >= 0.3 is 0 Å². The van der Waals surface area contributed by atoms with Gasteiger partial charge < -0.3 is 4.90 Å². The normalized spacial score (nSPS) is 21.5. The summed E-state index contributed by atoms with van der Waals surface area (Å²) in [4.78, 5) is 13.5. The summed E-state index contributed by atoms with van der Waals surface area (Å²) in [5.74, 6) is 0.907. The molecular formula is C14H19ClN6. The minimum absolute atomic E-state index is 0.278. The SMILES string of the molecule is Clc1nc(N2CCN(C3CCCC3)CC2)c2cn[nH]c2n1. The third-order valence-corrected chi connectivity index (χ3v) is 4.89. The summed E-state index contributed by atoms with van der Waals surface area (Å²) < 4.78 is 0. The molecule has 112 valence electrons. The van der Waals surface area contributed by atoms with E-state index in [0.29, 0.717) is 5.65 Å². The Morgan fingerprint density at radius 2 is 1.86 bits per heavy atom. The van der Waals surface area contributed by atoms with E-state index >= 15 is 0 Å². The number of aromatic nitrogens is 4. The first-order chi connectivity index (χ1) is 10.3. The Morgan fingerprint density at radius 3 is 2.62 bits per heavy atom. The lowest BCUT2D eigenvalue weighted by atomic mass is 10.2. The van der Waals surface area contributed by atoms with E-state index in [4.69, 9.17) is 11.6 Å². The maximum atomic E-state index is 6.03. The Labute approximate surface area is 128 Å². The van der Waals surface area contributed by atoms with Gasteiger partial charge in [-0.2, -0.15) is 15.1 Å². The van der Waals surface area contributed by atoms with Crippen molar-refractivity contribution in [3.8, 4) is 0 Å². The van der Waals surface area contributed by atoms with Crippen molar-refractivity contribution in [1.82, 2.24) is 25.1 Å². The molecule has 0 amide bonds. The van der Waals surface area contributed by atoms with Gasteiger partial charge in [0.2, 0.25) is 5.28 Å². The Bertz CT molecular complexity index is 627. The quantitative estimate of drug-likeness (QED) is 0.861. The van der Waals surface area contributed by atoms with Crippen molar-refractivity contribution in [3.05, 3.63) is 11.5 Å². The summed E-state index contributed by atoms with van der Waals surface area (Å²) >= 11 is 6.03. The molecule has 21 heavy (non-hydrogen) atoms. The summed E-state index contributed by atoms with van der Waals surface area (Å²) in [6.07, 6.45) is 7.30. The zero-order chi connectivity index (χ0) is 14.2. The lowest BCUT2D eigenvalue weighted by Crippen LogP contribution is -2.50. The second-order valence-corrected chi connectivity index (χ2v) is 6.25. The molecule has 1 aliphatic carbocycles. The molecule has 1 aliphatic heterocycles. The zero-order valence-corrected chi connectivity index (χ0v) is 12.7. The zero-order valence-electron chi connectivity index (χ0n) is 11.9. The van der Waals surface area contributed by atoms with E-state index in [1.54, 1.807) is 6.20 Å². The van der Waals surface area contributed by atoms with Gasteiger partial charge in [-0.15, -0.1) is 0 Å². The predicted molar refractivity (Wildman–Crippen MR) is 82.7 cm³/mol. The van der Waals surface area contributed by atoms with Crippen LogP contribution >= 0.6 is 11.6 Å². The minimum Gasteiger partial charge on any atom is -0.353 e. The van der Waals surface area contributed by atoms with Gasteiger partial charge in [-0.25, -0.2) is 0 Å². The van der Waals surface area contributed by atoms with Crippen molar-refractivity contribution in [2.75, 3.05) is 31.1 Å². The summed E-state index contributed by atoms with van der Waals surface area (Å²) in [7, 11) is 0. The molecule has 0 unspecified atom stereocenters. The molecular weight excluding hydrogens is 288 g/mol. The van der Waals surface area contributed by atoms with Crippen LogP contribution in [0.25, 0.3) is 11.0 Å². The summed E-state index contributed by atoms with van der Waals surface area (Å²) in [5.41, 5.74) is 0.711. The Hall–Kier alpha value is -1.40. The van der Waals surface area contributed by atoms with Crippen LogP contribution in [0, 0.1) is 0 Å². The molecule has 4 rings (SSSR count). The largest absolute Gasteiger partial charge is 0.353 e. The third kappa shape index (κ3) is 2.46. The highest BCUT2D eigenvalue weighted by Crippen LogP contribution is 2.28. The first-order valence-electron chi connectivity index (χ1n) is 7.67. The van der Waals surface area contributed by atoms with Crippen molar-refractivity contribution in [3.63, 3.8) is 0 Å². The summed E-state index contributed by atoms with van der Waals surface area (Å²) in [5, 5.41) is 8.15. The Balaban J connectivity index is 1.53. The molecule has 2 aromatic heterocycles. The number of anilines is 1. The first-order valence-corrected chi connectivity index (χ1v) is 8.05. The molecule has 2 fully saturated rings. The van der Waals surface area contributed by atoms with Gasteiger partial charge in [0.05, 0.1) is 11.6 Å². The van der Waals surface area contributed by atoms with Crippen LogP contribution in [-0.4, -0.2) is 57.3 Å². The average molecular weight is 307 g/mol. The molecule has 1 saturated carbocycles. The van der Waals surface area contributed by atoms with E-state index in [1.807, 2.05) is 0 Å². The van der Waals surface area contributed by atoms with Gasteiger partial charge in [-0.1, -0.05) is 12.8 Å². The molecule has 7 heteroatoms. The average Bonchev–Trinajstić information content (AvgIpc) is 3.17. The maximum Gasteiger partial charge on any atom is 0.226 e. The number of halogens is 1. The van der Waals surface area contributed by atoms with Gasteiger partial charge in [0, 0.05) is 32.2 Å². The third-order valence-electron chi connectivity index (χ3n) is 4.72. The highest BCUT2D eigenvalue weighted by atomic mass is 35.5. The van der Waals surface area contributed by atoms with Crippen LogP contribution in [0.1, 0.15) is 25.7 Å². The van der Waals surface area contributed by atoms with Crippen LogP contribution in [0.5, 0.6) is 0 Å². The number of hydrogen-bond acceptors (Lipinski definition) is 5. The number of aromatic amines is 1. The van der Waals surface area contributed by atoms with Gasteiger partial charge in [0.15, 0.2) is 5.65 Å². The number of hydrogen-bond donors (Lipinski definition) is 1. The monoisotopic (exact) mass is 306 g/mol. The van der Waals surface area contributed by atoms with Crippen LogP contribution in [0.15, 0.2) is 6.20 Å². The molecule has 0 atom stereocenters. The van der Waals surface area contributed by atoms with E-state index in [-0.39, 0.29) is 5.28 Å². The Kier molecular flexibility index (Phi) is 3.43. The van der Waals surface area contributed by atoms with Crippen LogP contribution < -0.4 is 4.90 Å². The number of H-pyrrole nitrogens is 1. The van der Waals surface area contributed by atoms with Gasteiger partial charge in [0.25, 0.3) is 0 Å². The first kappa shape index (κ1) is 13.3. The second kappa shape index (κ2) is 5.42. The van der Waals surface area contributed by atoms with Crippen LogP contribution in [-0.2, 0) is 0 Å². The topological polar surface area (TPSA) is 60.9 Å². The molecule has 3 heterocycles. The summed E-state index contributed by atoms with van der Waals surface area (Å²) in [6.45, 7) is 4.19. The van der Waals surface area contributed by atoms with Gasteiger partial charge in [-0.05, 0) is 24.4 Å². The molecule has 0 spiro atoms. The molecule has 0 bridgehead atoms. The standard InChI is InChI=1S/C14H19ClN6/c15-14-17-12-11(9-16-19-12)13(18-14)21-7-5-20(6-8-21)10-3-1-2-4-10/h9-10H,1-8H2,(H,16,17,18,19). The van der Waals surface area contributed by atoms with Gasteiger partial charge in [-0.3, -0.25) is 10.00 Å². The fourth-order valence-electron chi connectivity index (χ4n) is 3.60. The number of nitrogens with one attached hydrogen (secondary N) is 1. The highest BCUT2D eigenvalue weighted by molar-refractivity contribution is 6.28. The molecule has 1 N–H and O–H groups in total. The van der Waals surface area contributed by atoms with E-state index in [1.165, 1.54) is 25.7 Å². The molecule has 6 nitrogen and oxygen atoms in total. The van der Waals surface area contributed by atoms with Crippen LogP contribution in [0.2, 0.25) is 5.28 Å². The number of piperazine rings is 1. The second-order valence-electron chi connectivity index (χ2n) is 5.91.